The summed E-state index contributed by atoms with van der Waals surface area (Å²) in [5, 5.41) is 4.13. The van der Waals surface area contributed by atoms with Crippen LogP contribution in [0.1, 0.15) is 35.9 Å². The second-order valence-corrected chi connectivity index (χ2v) is 4.78. The highest BCUT2D eigenvalue weighted by molar-refractivity contribution is 6.31. The van der Waals surface area contributed by atoms with E-state index < -0.39 is 0 Å². The first-order valence-corrected chi connectivity index (χ1v) is 6.36. The lowest BCUT2D eigenvalue weighted by molar-refractivity contribution is 0.432. The summed E-state index contributed by atoms with van der Waals surface area (Å²) in [7, 11) is 0. The number of hydrogen-bond acceptors (Lipinski definition) is 3. The van der Waals surface area contributed by atoms with Gasteiger partial charge in [-0.25, -0.2) is 4.98 Å². The van der Waals surface area contributed by atoms with Gasteiger partial charge in [0.2, 0.25) is 5.89 Å². The van der Waals surface area contributed by atoms with Crippen molar-refractivity contribution in [2.75, 3.05) is 0 Å². The van der Waals surface area contributed by atoms with Gasteiger partial charge in [0.1, 0.15) is 5.76 Å². The third-order valence-corrected chi connectivity index (χ3v) is 3.35. The zero-order valence-corrected chi connectivity index (χ0v) is 11.6. The fraction of sp³-hybridized carbons (Fsp3) is 0.357. The van der Waals surface area contributed by atoms with Crippen LogP contribution in [-0.4, -0.2) is 4.98 Å². The molecule has 0 radical (unpaired) electrons. The maximum absolute atomic E-state index is 6.15. The highest BCUT2D eigenvalue weighted by Gasteiger charge is 2.11. The van der Waals surface area contributed by atoms with E-state index in [4.69, 9.17) is 16.0 Å². The van der Waals surface area contributed by atoms with Gasteiger partial charge in [0.15, 0.2) is 0 Å². The van der Waals surface area contributed by atoms with E-state index in [1.165, 1.54) is 0 Å². The van der Waals surface area contributed by atoms with Gasteiger partial charge in [0.05, 0.1) is 12.2 Å². The third kappa shape index (κ3) is 2.92. The Hall–Kier alpha value is -1.32. The Kier molecular flexibility index (Phi) is 4.04. The van der Waals surface area contributed by atoms with Crippen molar-refractivity contribution in [2.24, 2.45) is 0 Å². The zero-order chi connectivity index (χ0) is 13.1. The molecule has 96 valence electrons. The van der Waals surface area contributed by atoms with Crippen molar-refractivity contribution in [3.05, 3.63) is 52.2 Å². The number of nitrogens with zero attached hydrogens (tertiary/aromatic N) is 1. The molecule has 0 amide bonds. The van der Waals surface area contributed by atoms with Crippen molar-refractivity contribution in [3.63, 3.8) is 0 Å². The minimum atomic E-state index is 0.159. The van der Waals surface area contributed by atoms with Gasteiger partial charge in [0, 0.05) is 11.1 Å². The first-order chi connectivity index (χ1) is 8.58. The predicted molar refractivity (Wildman–Crippen MR) is 72.7 cm³/mol. The van der Waals surface area contributed by atoms with Gasteiger partial charge in [0.25, 0.3) is 0 Å². The van der Waals surface area contributed by atoms with Crippen LogP contribution < -0.4 is 5.32 Å². The number of nitrogens with one attached hydrogen (secondary N) is 1. The molecule has 1 N–H and O–H groups in total. The SMILES string of the molecule is Cc1nc(CN[C@H](C)c2ccccc2Cl)oc1C. The van der Waals surface area contributed by atoms with Crippen LogP contribution in [0.3, 0.4) is 0 Å². The van der Waals surface area contributed by atoms with Gasteiger partial charge in [-0.2, -0.15) is 0 Å². The van der Waals surface area contributed by atoms with Crippen molar-refractivity contribution < 1.29 is 4.42 Å². The molecule has 1 atom stereocenters. The van der Waals surface area contributed by atoms with E-state index in [0.29, 0.717) is 12.4 Å². The van der Waals surface area contributed by atoms with E-state index in [1.54, 1.807) is 0 Å². The van der Waals surface area contributed by atoms with Crippen LogP contribution in [-0.2, 0) is 6.54 Å². The lowest BCUT2D eigenvalue weighted by atomic mass is 10.1. The second-order valence-electron chi connectivity index (χ2n) is 4.37. The van der Waals surface area contributed by atoms with Crippen molar-refractivity contribution >= 4 is 11.6 Å². The first kappa shape index (κ1) is 13.1. The fourth-order valence-electron chi connectivity index (χ4n) is 1.79. The van der Waals surface area contributed by atoms with Gasteiger partial charge in [-0.15, -0.1) is 0 Å². The van der Waals surface area contributed by atoms with Crippen LogP contribution in [0.25, 0.3) is 0 Å². The minimum Gasteiger partial charge on any atom is -0.444 e. The van der Waals surface area contributed by atoms with Crippen molar-refractivity contribution in [1.82, 2.24) is 10.3 Å². The summed E-state index contributed by atoms with van der Waals surface area (Å²) < 4.78 is 5.52. The monoisotopic (exact) mass is 264 g/mol. The third-order valence-electron chi connectivity index (χ3n) is 3.00. The van der Waals surface area contributed by atoms with Gasteiger partial charge in [-0.3, -0.25) is 0 Å². The summed E-state index contributed by atoms with van der Waals surface area (Å²) in [5.74, 6) is 1.58. The number of aryl methyl sites for hydroxylation is 2. The highest BCUT2D eigenvalue weighted by Crippen LogP contribution is 2.22. The molecule has 0 aliphatic rings. The lowest BCUT2D eigenvalue weighted by Gasteiger charge is -2.14. The molecule has 0 unspecified atom stereocenters. The topological polar surface area (TPSA) is 38.1 Å². The predicted octanol–water partition coefficient (Wildman–Crippen LogP) is 3.80. The molecule has 0 fully saturated rings. The van der Waals surface area contributed by atoms with E-state index >= 15 is 0 Å². The molecule has 0 bridgehead atoms. The highest BCUT2D eigenvalue weighted by atomic mass is 35.5. The number of benzene rings is 1. The maximum atomic E-state index is 6.15. The average molecular weight is 265 g/mol. The molecular formula is C14H17ClN2O. The Morgan fingerprint density at radius 3 is 2.67 bits per heavy atom. The number of oxazole rings is 1. The Morgan fingerprint density at radius 1 is 1.33 bits per heavy atom. The standard InChI is InChI=1S/C14H17ClN2O/c1-9-11(3)18-14(17-9)8-16-10(2)12-6-4-5-7-13(12)15/h4-7,10,16H,8H2,1-3H3/t10-/m1/s1. The molecule has 0 spiro atoms. The number of hydrogen-bond donors (Lipinski definition) is 1. The quantitative estimate of drug-likeness (QED) is 0.913. The summed E-state index contributed by atoms with van der Waals surface area (Å²) in [6.45, 7) is 6.54. The Balaban J connectivity index is 2.00. The Bertz CT molecular complexity index is 517. The second kappa shape index (κ2) is 5.55. The van der Waals surface area contributed by atoms with E-state index in [9.17, 15) is 0 Å². The Morgan fingerprint density at radius 2 is 2.06 bits per heavy atom. The van der Waals surface area contributed by atoms with Gasteiger partial charge in [-0.05, 0) is 32.4 Å². The molecule has 3 nitrogen and oxygen atoms in total. The largest absolute Gasteiger partial charge is 0.444 e. The molecule has 0 aliphatic carbocycles. The molecule has 1 aromatic carbocycles. The maximum Gasteiger partial charge on any atom is 0.208 e. The lowest BCUT2D eigenvalue weighted by Crippen LogP contribution is -2.18. The Labute approximate surface area is 112 Å². The van der Waals surface area contributed by atoms with E-state index in [0.717, 1.165) is 22.0 Å². The van der Waals surface area contributed by atoms with Gasteiger partial charge >= 0.3 is 0 Å². The minimum absolute atomic E-state index is 0.159. The van der Waals surface area contributed by atoms with Gasteiger partial charge < -0.3 is 9.73 Å². The van der Waals surface area contributed by atoms with Crippen molar-refractivity contribution in [1.29, 1.82) is 0 Å². The van der Waals surface area contributed by atoms with Crippen LogP contribution in [0.4, 0.5) is 0 Å². The summed E-state index contributed by atoms with van der Waals surface area (Å²) in [5.41, 5.74) is 2.02. The van der Waals surface area contributed by atoms with Crippen LogP contribution in [0.5, 0.6) is 0 Å². The van der Waals surface area contributed by atoms with Crippen LogP contribution >= 0.6 is 11.6 Å². The number of rotatable bonds is 4. The van der Waals surface area contributed by atoms with Crippen LogP contribution in [0.2, 0.25) is 5.02 Å². The molecule has 2 rings (SSSR count). The van der Waals surface area contributed by atoms with Crippen molar-refractivity contribution in [3.8, 4) is 0 Å². The summed E-state index contributed by atoms with van der Waals surface area (Å²) in [4.78, 5) is 4.34. The summed E-state index contributed by atoms with van der Waals surface area (Å²) in [6, 6.07) is 7.99. The van der Waals surface area contributed by atoms with Crippen LogP contribution in [0, 0.1) is 13.8 Å². The molecule has 18 heavy (non-hydrogen) atoms. The molecule has 1 heterocycles. The summed E-state index contributed by atoms with van der Waals surface area (Å²) in [6.07, 6.45) is 0. The average Bonchev–Trinajstić information content (AvgIpc) is 2.66. The smallest absolute Gasteiger partial charge is 0.208 e. The number of halogens is 1. The van der Waals surface area contributed by atoms with E-state index in [2.05, 4.69) is 17.2 Å². The molecule has 4 heteroatoms. The molecule has 0 aliphatic heterocycles. The first-order valence-electron chi connectivity index (χ1n) is 5.98. The fourth-order valence-corrected chi connectivity index (χ4v) is 2.09. The molecule has 0 saturated carbocycles. The van der Waals surface area contributed by atoms with E-state index in [-0.39, 0.29) is 6.04 Å². The molecule has 0 saturated heterocycles. The molecule has 1 aromatic heterocycles. The van der Waals surface area contributed by atoms with E-state index in [1.807, 2.05) is 38.1 Å². The zero-order valence-electron chi connectivity index (χ0n) is 10.8. The molecular weight excluding hydrogens is 248 g/mol. The van der Waals surface area contributed by atoms with Crippen LogP contribution in [0.15, 0.2) is 28.7 Å². The molecule has 2 aromatic rings. The normalized spacial score (nSPS) is 12.7. The number of aromatic nitrogens is 1. The summed E-state index contributed by atoms with van der Waals surface area (Å²) >= 11 is 6.15. The van der Waals surface area contributed by atoms with Crippen molar-refractivity contribution in [2.45, 2.75) is 33.4 Å². The van der Waals surface area contributed by atoms with Gasteiger partial charge in [-0.1, -0.05) is 29.8 Å².